The summed E-state index contributed by atoms with van der Waals surface area (Å²) in [4.78, 5) is 28.7. The van der Waals surface area contributed by atoms with Gasteiger partial charge < -0.3 is 10.6 Å². The summed E-state index contributed by atoms with van der Waals surface area (Å²) in [5.41, 5.74) is 7.25. The second kappa shape index (κ2) is 11.7. The third kappa shape index (κ3) is 7.04. The smallest absolute Gasteiger partial charge is 0.248 e. The number of piperidine rings is 1. The average Bonchev–Trinajstić information content (AvgIpc) is 3.01. The molecule has 0 spiro atoms. The maximum Gasteiger partial charge on any atom is 0.248 e. The number of primary amides is 1. The van der Waals surface area contributed by atoms with Crippen LogP contribution in [-0.4, -0.2) is 73.8 Å². The maximum absolute atomic E-state index is 12.7. The molecule has 2 bridgehead atoms. The summed E-state index contributed by atoms with van der Waals surface area (Å²) in [5.74, 6) is -0.230. The second-order valence-electron chi connectivity index (χ2n) is 10.2. The van der Waals surface area contributed by atoms with Crippen LogP contribution in [0.4, 0.5) is 0 Å². The number of hydrogen-bond acceptors (Lipinski definition) is 5. The normalized spacial score (nSPS) is 22.8. The first kappa shape index (κ1) is 26.7. The Balaban J connectivity index is 1.59. The number of carbonyl (C=O) groups is 2. The van der Waals surface area contributed by atoms with Gasteiger partial charge in [0, 0.05) is 43.5 Å². The molecule has 2 amide bonds. The topological polar surface area (TPSA) is 101 Å². The van der Waals surface area contributed by atoms with E-state index in [0.717, 1.165) is 44.9 Å². The Labute approximate surface area is 205 Å². The lowest BCUT2D eigenvalue weighted by atomic mass is 9.84. The van der Waals surface area contributed by atoms with Gasteiger partial charge in [-0.1, -0.05) is 38.8 Å². The Kier molecular flexibility index (Phi) is 9.15. The molecule has 2 saturated heterocycles. The van der Waals surface area contributed by atoms with Crippen LogP contribution in [-0.2, 0) is 14.6 Å². The van der Waals surface area contributed by atoms with Gasteiger partial charge in [-0.3, -0.25) is 14.5 Å². The molecule has 34 heavy (non-hydrogen) atoms. The molecule has 7 nitrogen and oxygen atoms in total. The van der Waals surface area contributed by atoms with Gasteiger partial charge in [0.15, 0.2) is 9.84 Å². The number of nitrogens with zero attached hydrogens (tertiary/aromatic N) is 2. The van der Waals surface area contributed by atoms with Crippen LogP contribution in [0.5, 0.6) is 0 Å². The SMILES string of the molecule is CCC(CC)CN(CCCN1[C@@H]2CC[C@H]1C[C@@H](c1cccc(C(N)=O)c1)C2)C(=O)CS(C)(=O)=O. The molecule has 2 fully saturated rings. The van der Waals surface area contributed by atoms with Gasteiger partial charge in [0.05, 0.1) is 0 Å². The molecule has 3 rings (SSSR count). The van der Waals surface area contributed by atoms with Crippen molar-refractivity contribution in [2.75, 3.05) is 31.6 Å². The molecule has 2 heterocycles. The van der Waals surface area contributed by atoms with Crippen molar-refractivity contribution in [3.05, 3.63) is 35.4 Å². The Morgan fingerprint density at radius 2 is 1.79 bits per heavy atom. The van der Waals surface area contributed by atoms with Crippen LogP contribution in [0, 0.1) is 5.92 Å². The third-order valence-electron chi connectivity index (χ3n) is 7.74. The lowest BCUT2D eigenvalue weighted by molar-refractivity contribution is -0.129. The zero-order valence-corrected chi connectivity index (χ0v) is 21.7. The van der Waals surface area contributed by atoms with Crippen LogP contribution in [0.15, 0.2) is 24.3 Å². The van der Waals surface area contributed by atoms with E-state index < -0.39 is 15.6 Å². The van der Waals surface area contributed by atoms with Gasteiger partial charge in [-0.2, -0.15) is 0 Å². The quantitative estimate of drug-likeness (QED) is 0.484. The molecule has 0 radical (unpaired) electrons. The van der Waals surface area contributed by atoms with Gasteiger partial charge in [0.1, 0.15) is 5.75 Å². The van der Waals surface area contributed by atoms with Gasteiger partial charge in [-0.25, -0.2) is 8.42 Å². The minimum absolute atomic E-state index is 0.273. The van der Waals surface area contributed by atoms with Gasteiger partial charge >= 0.3 is 0 Å². The Hall–Kier alpha value is -1.93. The van der Waals surface area contributed by atoms with E-state index in [0.29, 0.717) is 42.6 Å². The minimum atomic E-state index is -3.34. The van der Waals surface area contributed by atoms with Crippen LogP contribution in [0.1, 0.15) is 80.6 Å². The van der Waals surface area contributed by atoms with Gasteiger partial charge in [0.25, 0.3) is 0 Å². The lowest BCUT2D eigenvalue weighted by Gasteiger charge is -2.39. The highest BCUT2D eigenvalue weighted by Crippen LogP contribution is 2.43. The molecular weight excluding hydrogens is 450 g/mol. The molecule has 1 aromatic rings. The largest absolute Gasteiger partial charge is 0.366 e. The summed E-state index contributed by atoms with van der Waals surface area (Å²) in [5, 5.41) is 0. The van der Waals surface area contributed by atoms with Crippen LogP contribution in [0.25, 0.3) is 0 Å². The highest BCUT2D eigenvalue weighted by Gasteiger charge is 2.40. The van der Waals surface area contributed by atoms with Crippen molar-refractivity contribution in [2.45, 2.75) is 76.8 Å². The first-order valence-electron chi connectivity index (χ1n) is 12.7. The molecule has 1 aromatic carbocycles. The summed E-state index contributed by atoms with van der Waals surface area (Å²) in [6, 6.07) is 8.78. The molecule has 0 saturated carbocycles. The standard InChI is InChI=1S/C26H41N3O4S/c1-4-19(5-2)17-28(25(30)18-34(3,32)33)12-7-13-29-23-10-11-24(29)16-22(15-23)20-8-6-9-21(14-20)26(27)31/h6,8-9,14,19,22-24H,4-5,7,10-13,15-18H2,1-3H3,(H2,27,31)/t22-,23+,24-. The van der Waals surface area contributed by atoms with Crippen molar-refractivity contribution in [1.82, 2.24) is 9.80 Å². The van der Waals surface area contributed by atoms with Crippen molar-refractivity contribution >= 4 is 21.7 Å². The first-order valence-corrected chi connectivity index (χ1v) is 14.8. The van der Waals surface area contributed by atoms with Crippen LogP contribution in [0.2, 0.25) is 0 Å². The van der Waals surface area contributed by atoms with Gasteiger partial charge in [0.2, 0.25) is 11.8 Å². The van der Waals surface area contributed by atoms with Gasteiger partial charge in [-0.15, -0.1) is 0 Å². The van der Waals surface area contributed by atoms with Crippen molar-refractivity contribution in [2.24, 2.45) is 11.7 Å². The highest BCUT2D eigenvalue weighted by atomic mass is 32.2. The van der Waals surface area contributed by atoms with Crippen LogP contribution < -0.4 is 5.73 Å². The fourth-order valence-electron chi connectivity index (χ4n) is 5.79. The number of amides is 2. The third-order valence-corrected chi connectivity index (χ3v) is 8.51. The molecular formula is C26H41N3O4S. The van der Waals surface area contributed by atoms with E-state index in [1.807, 2.05) is 12.1 Å². The highest BCUT2D eigenvalue weighted by molar-refractivity contribution is 7.91. The molecule has 190 valence electrons. The fraction of sp³-hybridized carbons (Fsp3) is 0.692. The summed E-state index contributed by atoms with van der Waals surface area (Å²) >= 11 is 0. The van der Waals surface area contributed by atoms with E-state index in [9.17, 15) is 18.0 Å². The number of nitrogens with two attached hydrogens (primary N) is 1. The molecule has 2 aliphatic rings. The molecule has 0 aliphatic carbocycles. The van der Waals surface area contributed by atoms with E-state index in [-0.39, 0.29) is 11.8 Å². The molecule has 2 N–H and O–H groups in total. The number of rotatable bonds is 12. The number of sulfone groups is 1. The molecule has 0 unspecified atom stereocenters. The molecule has 8 heteroatoms. The fourth-order valence-corrected chi connectivity index (χ4v) is 6.42. The number of hydrogen-bond donors (Lipinski definition) is 1. The van der Waals surface area contributed by atoms with Crippen molar-refractivity contribution in [3.8, 4) is 0 Å². The number of benzene rings is 1. The first-order chi connectivity index (χ1) is 16.1. The second-order valence-corrected chi connectivity index (χ2v) is 12.4. The Bertz CT molecular complexity index is 947. The number of carbonyl (C=O) groups excluding carboxylic acids is 2. The zero-order valence-electron chi connectivity index (χ0n) is 20.9. The zero-order chi connectivity index (χ0) is 24.9. The van der Waals surface area contributed by atoms with E-state index in [1.165, 1.54) is 18.4 Å². The summed E-state index contributed by atoms with van der Waals surface area (Å²) in [6.07, 6.45) is 8.45. The monoisotopic (exact) mass is 491 g/mol. The van der Waals surface area contributed by atoms with E-state index in [2.05, 4.69) is 24.8 Å². The predicted octanol–water partition coefficient (Wildman–Crippen LogP) is 3.20. The summed E-state index contributed by atoms with van der Waals surface area (Å²) in [6.45, 7) is 6.40. The number of fused-ring (bicyclic) bond motifs is 2. The van der Waals surface area contributed by atoms with E-state index in [1.54, 1.807) is 11.0 Å². The van der Waals surface area contributed by atoms with Crippen molar-refractivity contribution in [1.29, 1.82) is 0 Å². The average molecular weight is 492 g/mol. The molecule has 0 aromatic heterocycles. The maximum atomic E-state index is 12.7. The Morgan fingerprint density at radius 1 is 1.15 bits per heavy atom. The van der Waals surface area contributed by atoms with E-state index in [4.69, 9.17) is 5.73 Å². The summed E-state index contributed by atoms with van der Waals surface area (Å²) in [7, 11) is -3.34. The minimum Gasteiger partial charge on any atom is -0.366 e. The van der Waals surface area contributed by atoms with Crippen LogP contribution >= 0.6 is 0 Å². The van der Waals surface area contributed by atoms with Crippen molar-refractivity contribution < 1.29 is 18.0 Å². The van der Waals surface area contributed by atoms with E-state index >= 15 is 0 Å². The Morgan fingerprint density at radius 3 is 2.35 bits per heavy atom. The van der Waals surface area contributed by atoms with Crippen molar-refractivity contribution in [3.63, 3.8) is 0 Å². The lowest BCUT2D eigenvalue weighted by Crippen LogP contribution is -2.44. The predicted molar refractivity (Wildman–Crippen MR) is 135 cm³/mol. The summed E-state index contributed by atoms with van der Waals surface area (Å²) < 4.78 is 23.4. The molecule has 3 atom stereocenters. The van der Waals surface area contributed by atoms with Crippen LogP contribution in [0.3, 0.4) is 0 Å². The van der Waals surface area contributed by atoms with Gasteiger partial charge in [-0.05, 0) is 61.6 Å². The molecule has 2 aliphatic heterocycles.